The Hall–Kier alpha value is -2.97. The van der Waals surface area contributed by atoms with Gasteiger partial charge in [-0.25, -0.2) is 27.2 Å². The summed E-state index contributed by atoms with van der Waals surface area (Å²) in [5.41, 5.74) is 1.76. The third-order valence-corrected chi connectivity index (χ3v) is 4.95. The van der Waals surface area contributed by atoms with Crippen molar-refractivity contribution in [2.45, 2.75) is 53.1 Å². The summed E-state index contributed by atoms with van der Waals surface area (Å²) in [6, 6.07) is 6.26. The van der Waals surface area contributed by atoms with Gasteiger partial charge in [-0.05, 0) is 44.9 Å². The minimum atomic E-state index is -3.02. The standard InChI is InChI=1S/C21H22F4N4O/c1-10-5-6-14(11(2)7-10)12(3)26-17(30)9-29-21-18(13(4)28-29)15(19(22)23)8-16(27-21)20(24)25/h5-8,12,19-20H,9H2,1-4H3,(H,26,30). The Labute approximate surface area is 171 Å². The minimum absolute atomic E-state index is 0.00960. The number of benzene rings is 1. The van der Waals surface area contributed by atoms with E-state index in [4.69, 9.17) is 0 Å². The molecule has 1 unspecified atom stereocenters. The maximum Gasteiger partial charge on any atom is 0.280 e. The quantitative estimate of drug-likeness (QED) is 0.562. The summed E-state index contributed by atoms with van der Waals surface area (Å²) in [7, 11) is 0. The van der Waals surface area contributed by atoms with Gasteiger partial charge < -0.3 is 5.32 Å². The first kappa shape index (κ1) is 21.7. The Bertz CT molecular complexity index is 1090. The fourth-order valence-corrected chi connectivity index (χ4v) is 3.61. The molecule has 3 rings (SSSR count). The molecular weight excluding hydrogens is 400 g/mol. The zero-order chi connectivity index (χ0) is 22.2. The molecule has 160 valence electrons. The number of carbonyl (C=O) groups excluding carboxylic acids is 1. The molecule has 0 aliphatic heterocycles. The summed E-state index contributed by atoms with van der Waals surface area (Å²) in [5, 5.41) is 6.92. The van der Waals surface area contributed by atoms with Crippen molar-refractivity contribution >= 4 is 16.9 Å². The van der Waals surface area contributed by atoms with Crippen molar-refractivity contribution in [1.82, 2.24) is 20.1 Å². The van der Waals surface area contributed by atoms with E-state index in [1.807, 2.05) is 39.0 Å². The molecule has 9 heteroatoms. The molecule has 2 heterocycles. The molecule has 0 fully saturated rings. The van der Waals surface area contributed by atoms with Crippen LogP contribution in [0, 0.1) is 20.8 Å². The van der Waals surface area contributed by atoms with Gasteiger partial charge in [0.15, 0.2) is 5.65 Å². The number of amides is 1. The summed E-state index contributed by atoms with van der Waals surface area (Å²) in [4.78, 5) is 16.4. The molecule has 5 nitrogen and oxygen atoms in total. The van der Waals surface area contributed by atoms with Crippen LogP contribution in [0.15, 0.2) is 24.3 Å². The summed E-state index contributed by atoms with van der Waals surface area (Å²) < 4.78 is 54.2. The lowest BCUT2D eigenvalue weighted by molar-refractivity contribution is -0.122. The number of halogens is 4. The average Bonchev–Trinajstić information content (AvgIpc) is 2.96. The molecule has 1 N–H and O–H groups in total. The van der Waals surface area contributed by atoms with E-state index in [1.165, 1.54) is 6.92 Å². The number of fused-ring (bicyclic) bond motifs is 1. The first-order valence-corrected chi connectivity index (χ1v) is 9.39. The molecule has 0 aliphatic rings. The highest BCUT2D eigenvalue weighted by Gasteiger charge is 2.24. The number of aromatic nitrogens is 3. The lowest BCUT2D eigenvalue weighted by atomic mass is 10.0. The number of aryl methyl sites for hydroxylation is 3. The van der Waals surface area contributed by atoms with Crippen molar-refractivity contribution in [1.29, 1.82) is 0 Å². The Morgan fingerprint density at radius 2 is 1.77 bits per heavy atom. The summed E-state index contributed by atoms with van der Waals surface area (Å²) in [6.45, 7) is 6.88. The molecule has 1 amide bonds. The maximum atomic E-state index is 13.4. The van der Waals surface area contributed by atoms with Crippen LogP contribution in [0.3, 0.4) is 0 Å². The van der Waals surface area contributed by atoms with Gasteiger partial charge in [-0.3, -0.25) is 4.79 Å². The number of nitrogens with zero attached hydrogens (tertiary/aromatic N) is 3. The fraction of sp³-hybridized carbons (Fsp3) is 0.381. The zero-order valence-electron chi connectivity index (χ0n) is 17.0. The largest absolute Gasteiger partial charge is 0.348 e. The van der Waals surface area contributed by atoms with Gasteiger partial charge in [-0.2, -0.15) is 5.10 Å². The number of hydrogen-bond donors (Lipinski definition) is 1. The van der Waals surface area contributed by atoms with E-state index in [2.05, 4.69) is 15.4 Å². The highest BCUT2D eigenvalue weighted by Crippen LogP contribution is 2.32. The third kappa shape index (κ3) is 4.29. The van der Waals surface area contributed by atoms with Crippen molar-refractivity contribution in [3.8, 4) is 0 Å². The van der Waals surface area contributed by atoms with Crippen molar-refractivity contribution in [2.75, 3.05) is 0 Å². The number of carbonyl (C=O) groups is 1. The normalized spacial score (nSPS) is 12.7. The zero-order valence-corrected chi connectivity index (χ0v) is 17.0. The molecule has 0 radical (unpaired) electrons. The number of alkyl halides is 4. The Balaban J connectivity index is 1.90. The molecule has 0 aliphatic carbocycles. The Morgan fingerprint density at radius 1 is 1.07 bits per heavy atom. The minimum Gasteiger partial charge on any atom is -0.348 e. The second-order valence-corrected chi connectivity index (χ2v) is 7.33. The van der Waals surface area contributed by atoms with E-state index in [1.54, 1.807) is 0 Å². The van der Waals surface area contributed by atoms with Gasteiger partial charge in [-0.15, -0.1) is 0 Å². The van der Waals surface area contributed by atoms with Crippen molar-refractivity contribution in [3.63, 3.8) is 0 Å². The molecule has 2 aromatic heterocycles. The van der Waals surface area contributed by atoms with Crippen LogP contribution in [0.25, 0.3) is 11.0 Å². The van der Waals surface area contributed by atoms with E-state index >= 15 is 0 Å². The maximum absolute atomic E-state index is 13.4. The Kier molecular flexibility index (Phi) is 6.09. The van der Waals surface area contributed by atoms with Gasteiger partial charge in [0.25, 0.3) is 12.9 Å². The van der Waals surface area contributed by atoms with Gasteiger partial charge in [0.2, 0.25) is 5.91 Å². The SMILES string of the molecule is Cc1ccc(C(C)NC(=O)Cn2nc(C)c3c(C(F)F)cc(C(F)F)nc32)c(C)c1. The molecule has 0 spiro atoms. The van der Waals surface area contributed by atoms with E-state index in [0.29, 0.717) is 6.07 Å². The molecule has 0 saturated carbocycles. The van der Waals surface area contributed by atoms with Gasteiger partial charge >= 0.3 is 0 Å². The first-order valence-electron chi connectivity index (χ1n) is 9.39. The van der Waals surface area contributed by atoms with Crippen LogP contribution in [0.1, 0.15) is 59.5 Å². The average molecular weight is 422 g/mol. The second-order valence-electron chi connectivity index (χ2n) is 7.33. The van der Waals surface area contributed by atoms with E-state index in [-0.39, 0.29) is 29.3 Å². The van der Waals surface area contributed by atoms with E-state index in [0.717, 1.165) is 21.4 Å². The van der Waals surface area contributed by atoms with E-state index in [9.17, 15) is 22.4 Å². The van der Waals surface area contributed by atoms with Crippen LogP contribution in [0.5, 0.6) is 0 Å². The van der Waals surface area contributed by atoms with Crippen molar-refractivity contribution in [3.05, 3.63) is 57.9 Å². The summed E-state index contributed by atoms with van der Waals surface area (Å²) >= 11 is 0. The second kappa shape index (κ2) is 8.41. The highest BCUT2D eigenvalue weighted by molar-refractivity contribution is 5.85. The predicted molar refractivity (Wildman–Crippen MR) is 105 cm³/mol. The third-order valence-electron chi connectivity index (χ3n) is 4.95. The van der Waals surface area contributed by atoms with Crippen LogP contribution in [0.4, 0.5) is 17.6 Å². The molecule has 0 bridgehead atoms. The lowest BCUT2D eigenvalue weighted by Gasteiger charge is -2.17. The Morgan fingerprint density at radius 3 is 2.37 bits per heavy atom. The predicted octanol–water partition coefficient (Wildman–Crippen LogP) is 5.11. The molecule has 0 saturated heterocycles. The first-order chi connectivity index (χ1) is 14.1. The molecule has 30 heavy (non-hydrogen) atoms. The monoisotopic (exact) mass is 422 g/mol. The van der Waals surface area contributed by atoms with Gasteiger partial charge in [0.05, 0.1) is 17.1 Å². The number of pyridine rings is 1. The van der Waals surface area contributed by atoms with Crippen LogP contribution in [-0.2, 0) is 11.3 Å². The highest BCUT2D eigenvalue weighted by atomic mass is 19.3. The van der Waals surface area contributed by atoms with Crippen LogP contribution >= 0.6 is 0 Å². The van der Waals surface area contributed by atoms with Gasteiger partial charge in [-0.1, -0.05) is 23.8 Å². The van der Waals surface area contributed by atoms with Gasteiger partial charge in [0.1, 0.15) is 12.2 Å². The van der Waals surface area contributed by atoms with Crippen molar-refractivity contribution in [2.24, 2.45) is 0 Å². The molecule has 1 atom stereocenters. The van der Waals surface area contributed by atoms with Crippen LogP contribution in [-0.4, -0.2) is 20.7 Å². The van der Waals surface area contributed by atoms with E-state index < -0.39 is 30.0 Å². The van der Waals surface area contributed by atoms with Gasteiger partial charge in [0, 0.05) is 5.56 Å². The number of rotatable bonds is 6. The number of nitrogens with one attached hydrogen (secondary N) is 1. The number of hydrogen-bond acceptors (Lipinski definition) is 3. The molecular formula is C21H22F4N4O. The summed E-state index contributed by atoms with van der Waals surface area (Å²) in [6.07, 6.45) is -5.99. The van der Waals surface area contributed by atoms with Crippen LogP contribution < -0.4 is 5.32 Å². The topological polar surface area (TPSA) is 59.8 Å². The lowest BCUT2D eigenvalue weighted by Crippen LogP contribution is -2.31. The van der Waals surface area contributed by atoms with Crippen molar-refractivity contribution < 1.29 is 22.4 Å². The van der Waals surface area contributed by atoms with Crippen LogP contribution in [0.2, 0.25) is 0 Å². The molecule has 1 aromatic carbocycles. The fourth-order valence-electron chi connectivity index (χ4n) is 3.61. The summed E-state index contributed by atoms with van der Waals surface area (Å²) in [5.74, 6) is -0.435. The molecule has 3 aromatic rings. The smallest absolute Gasteiger partial charge is 0.280 e.